The Labute approximate surface area is 173 Å². The van der Waals surface area contributed by atoms with E-state index in [0.717, 1.165) is 21.2 Å². The minimum atomic E-state index is -0.280. The molecule has 4 rings (SSSR count). The number of hydrogen-bond donors (Lipinski definition) is 1. The molecule has 0 aliphatic rings. The standard InChI is InChI=1S/C21H16BrN3O2S/c1-13-2-4-14(5-3-13)17-11-28-20-19(17)21(27)25(12-23-20)10-18(26)24-16-8-6-15(22)7-9-16/h2-9,11-12H,10H2,1H3,(H,24,26). The molecule has 1 amide bonds. The third-order valence-corrected chi connectivity index (χ3v) is 5.78. The van der Waals surface area contributed by atoms with E-state index >= 15 is 0 Å². The Morgan fingerprint density at radius 1 is 1.14 bits per heavy atom. The number of halogens is 1. The number of aryl methyl sites for hydroxylation is 1. The van der Waals surface area contributed by atoms with Crippen molar-refractivity contribution in [2.24, 2.45) is 0 Å². The summed E-state index contributed by atoms with van der Waals surface area (Å²) in [5, 5.41) is 5.28. The smallest absolute Gasteiger partial charge is 0.263 e. The zero-order valence-corrected chi connectivity index (χ0v) is 17.4. The summed E-state index contributed by atoms with van der Waals surface area (Å²) in [6, 6.07) is 15.3. The number of carbonyl (C=O) groups is 1. The summed E-state index contributed by atoms with van der Waals surface area (Å²) in [5.74, 6) is -0.280. The zero-order valence-electron chi connectivity index (χ0n) is 15.0. The highest BCUT2D eigenvalue weighted by Crippen LogP contribution is 2.30. The molecule has 1 N–H and O–H groups in total. The van der Waals surface area contributed by atoms with Gasteiger partial charge in [0.05, 0.1) is 11.7 Å². The van der Waals surface area contributed by atoms with Crippen molar-refractivity contribution in [2.45, 2.75) is 13.5 Å². The third kappa shape index (κ3) is 3.76. The molecule has 5 nitrogen and oxygen atoms in total. The molecule has 0 aliphatic heterocycles. The molecule has 2 aromatic heterocycles. The third-order valence-electron chi connectivity index (χ3n) is 4.37. The van der Waals surface area contributed by atoms with Gasteiger partial charge in [-0.25, -0.2) is 4.98 Å². The number of aromatic nitrogens is 2. The first-order valence-electron chi connectivity index (χ1n) is 8.60. The number of anilines is 1. The lowest BCUT2D eigenvalue weighted by Gasteiger charge is -2.08. The second-order valence-electron chi connectivity index (χ2n) is 6.43. The van der Waals surface area contributed by atoms with Crippen LogP contribution in [0.2, 0.25) is 0 Å². The van der Waals surface area contributed by atoms with Gasteiger partial charge < -0.3 is 5.32 Å². The Morgan fingerprint density at radius 3 is 2.57 bits per heavy atom. The maximum Gasteiger partial charge on any atom is 0.263 e. The molecule has 0 saturated carbocycles. The molecule has 0 spiro atoms. The molecule has 0 saturated heterocycles. The molecule has 0 bridgehead atoms. The van der Waals surface area contributed by atoms with E-state index in [1.54, 1.807) is 12.1 Å². The fraction of sp³-hybridized carbons (Fsp3) is 0.0952. The van der Waals surface area contributed by atoms with E-state index in [0.29, 0.717) is 15.9 Å². The number of carbonyl (C=O) groups excluding carboxylic acids is 1. The second kappa shape index (κ2) is 7.69. The van der Waals surface area contributed by atoms with Crippen LogP contribution in [-0.4, -0.2) is 15.5 Å². The number of thiophene rings is 1. The molecule has 0 aliphatic carbocycles. The Kier molecular flexibility index (Phi) is 5.11. The zero-order chi connectivity index (χ0) is 19.7. The largest absolute Gasteiger partial charge is 0.325 e. The molecular weight excluding hydrogens is 438 g/mol. The molecule has 2 aromatic carbocycles. The van der Waals surface area contributed by atoms with Crippen LogP contribution in [0, 0.1) is 6.92 Å². The van der Waals surface area contributed by atoms with Gasteiger partial charge in [0.25, 0.3) is 5.56 Å². The predicted octanol–water partition coefficient (Wildman–Crippen LogP) is 4.83. The highest BCUT2D eigenvalue weighted by atomic mass is 79.9. The maximum absolute atomic E-state index is 13.0. The van der Waals surface area contributed by atoms with Gasteiger partial charge in [0, 0.05) is 21.1 Å². The Bertz CT molecular complexity index is 1210. The van der Waals surface area contributed by atoms with Crippen molar-refractivity contribution in [2.75, 3.05) is 5.32 Å². The normalized spacial score (nSPS) is 10.9. The van der Waals surface area contributed by atoms with Crippen molar-refractivity contribution >= 4 is 49.1 Å². The van der Waals surface area contributed by atoms with Gasteiger partial charge >= 0.3 is 0 Å². The summed E-state index contributed by atoms with van der Waals surface area (Å²) in [6.07, 6.45) is 1.43. The second-order valence-corrected chi connectivity index (χ2v) is 8.20. The van der Waals surface area contributed by atoms with Crippen LogP contribution in [0.25, 0.3) is 21.3 Å². The number of amides is 1. The molecule has 0 unspecified atom stereocenters. The molecule has 28 heavy (non-hydrogen) atoms. The van der Waals surface area contributed by atoms with E-state index in [4.69, 9.17) is 0 Å². The van der Waals surface area contributed by atoms with Gasteiger partial charge in [0.1, 0.15) is 11.4 Å². The van der Waals surface area contributed by atoms with Crippen LogP contribution in [0.3, 0.4) is 0 Å². The number of hydrogen-bond acceptors (Lipinski definition) is 4. The molecule has 7 heteroatoms. The van der Waals surface area contributed by atoms with Gasteiger partial charge in [0.2, 0.25) is 5.91 Å². The average molecular weight is 454 g/mol. The SMILES string of the molecule is Cc1ccc(-c2csc3ncn(CC(=O)Nc4ccc(Br)cc4)c(=O)c23)cc1. The van der Waals surface area contributed by atoms with Crippen molar-refractivity contribution in [3.8, 4) is 11.1 Å². The Hall–Kier alpha value is -2.77. The first kappa shape index (κ1) is 18.6. The van der Waals surface area contributed by atoms with Crippen molar-refractivity contribution in [1.82, 2.24) is 9.55 Å². The highest BCUT2D eigenvalue weighted by Gasteiger charge is 2.14. The number of benzene rings is 2. The summed E-state index contributed by atoms with van der Waals surface area (Å²) in [6.45, 7) is 1.93. The molecule has 140 valence electrons. The molecule has 0 atom stereocenters. The van der Waals surface area contributed by atoms with Crippen LogP contribution >= 0.6 is 27.3 Å². The van der Waals surface area contributed by atoms with Crippen LogP contribution in [0.4, 0.5) is 5.69 Å². The van der Waals surface area contributed by atoms with E-state index in [-0.39, 0.29) is 18.0 Å². The predicted molar refractivity (Wildman–Crippen MR) is 117 cm³/mol. The van der Waals surface area contributed by atoms with E-state index in [9.17, 15) is 9.59 Å². The van der Waals surface area contributed by atoms with Crippen LogP contribution in [0.15, 0.2) is 69.5 Å². The molecule has 4 aromatic rings. The van der Waals surface area contributed by atoms with E-state index in [2.05, 4.69) is 26.2 Å². The summed E-state index contributed by atoms with van der Waals surface area (Å²) in [7, 11) is 0. The first-order chi connectivity index (χ1) is 13.5. The van der Waals surface area contributed by atoms with Crippen molar-refractivity contribution < 1.29 is 4.79 Å². The summed E-state index contributed by atoms with van der Waals surface area (Å²) in [4.78, 5) is 30.4. The number of nitrogens with zero attached hydrogens (tertiary/aromatic N) is 2. The van der Waals surface area contributed by atoms with E-state index in [1.807, 2.05) is 48.7 Å². The topological polar surface area (TPSA) is 64.0 Å². The maximum atomic E-state index is 13.0. The van der Waals surface area contributed by atoms with Crippen LogP contribution < -0.4 is 10.9 Å². The van der Waals surface area contributed by atoms with Crippen molar-refractivity contribution in [1.29, 1.82) is 0 Å². The average Bonchev–Trinajstić information content (AvgIpc) is 3.11. The van der Waals surface area contributed by atoms with Crippen molar-refractivity contribution in [3.63, 3.8) is 0 Å². The van der Waals surface area contributed by atoms with Gasteiger partial charge in [-0.05, 0) is 36.8 Å². The minimum absolute atomic E-state index is 0.0962. The Morgan fingerprint density at radius 2 is 1.86 bits per heavy atom. The number of fused-ring (bicyclic) bond motifs is 1. The summed E-state index contributed by atoms with van der Waals surface area (Å²) >= 11 is 4.79. The monoisotopic (exact) mass is 453 g/mol. The fourth-order valence-electron chi connectivity index (χ4n) is 2.91. The van der Waals surface area contributed by atoms with Gasteiger partial charge in [-0.2, -0.15) is 0 Å². The summed E-state index contributed by atoms with van der Waals surface area (Å²) < 4.78 is 2.28. The molecular formula is C21H16BrN3O2S. The lowest BCUT2D eigenvalue weighted by molar-refractivity contribution is -0.116. The first-order valence-corrected chi connectivity index (χ1v) is 10.3. The fourth-order valence-corrected chi connectivity index (χ4v) is 4.09. The highest BCUT2D eigenvalue weighted by molar-refractivity contribution is 9.10. The van der Waals surface area contributed by atoms with E-state index < -0.39 is 0 Å². The minimum Gasteiger partial charge on any atom is -0.325 e. The van der Waals surface area contributed by atoms with E-state index in [1.165, 1.54) is 22.2 Å². The molecule has 0 radical (unpaired) electrons. The van der Waals surface area contributed by atoms with Gasteiger partial charge in [0.15, 0.2) is 0 Å². The van der Waals surface area contributed by atoms with Gasteiger partial charge in [-0.3, -0.25) is 14.2 Å². The number of nitrogens with one attached hydrogen (secondary N) is 1. The number of rotatable bonds is 4. The van der Waals surface area contributed by atoms with Crippen molar-refractivity contribution in [3.05, 3.63) is 80.6 Å². The van der Waals surface area contributed by atoms with Gasteiger partial charge in [-0.15, -0.1) is 11.3 Å². The molecule has 0 fully saturated rings. The van der Waals surface area contributed by atoms with Crippen LogP contribution in [-0.2, 0) is 11.3 Å². The van der Waals surface area contributed by atoms with Crippen LogP contribution in [0.5, 0.6) is 0 Å². The summed E-state index contributed by atoms with van der Waals surface area (Å²) in [5.41, 5.74) is 3.43. The van der Waals surface area contributed by atoms with Crippen LogP contribution in [0.1, 0.15) is 5.56 Å². The lowest BCUT2D eigenvalue weighted by atomic mass is 10.1. The lowest BCUT2D eigenvalue weighted by Crippen LogP contribution is -2.27. The molecule has 2 heterocycles. The van der Waals surface area contributed by atoms with Gasteiger partial charge in [-0.1, -0.05) is 45.8 Å². The Balaban J connectivity index is 1.64. The quantitative estimate of drug-likeness (QED) is 0.480.